The summed E-state index contributed by atoms with van der Waals surface area (Å²) in [7, 11) is 0. The fraction of sp³-hybridized carbons (Fsp3) is 0.455. The van der Waals surface area contributed by atoms with Crippen LogP contribution in [0.25, 0.3) is 0 Å². The van der Waals surface area contributed by atoms with Gasteiger partial charge in [0.25, 0.3) is 0 Å². The summed E-state index contributed by atoms with van der Waals surface area (Å²) < 4.78 is 76.1. The van der Waals surface area contributed by atoms with Crippen LogP contribution in [0.3, 0.4) is 0 Å². The summed E-state index contributed by atoms with van der Waals surface area (Å²) in [5.41, 5.74) is -0.342. The molecule has 1 heterocycles. The van der Waals surface area contributed by atoms with Crippen LogP contribution in [0.1, 0.15) is 43.1 Å². The van der Waals surface area contributed by atoms with Crippen LogP contribution in [0, 0.1) is 0 Å². The van der Waals surface area contributed by atoms with E-state index in [0.717, 1.165) is 12.5 Å². The molecule has 0 spiro atoms. The molecule has 1 saturated heterocycles. The molecule has 0 aliphatic carbocycles. The van der Waals surface area contributed by atoms with E-state index in [4.69, 9.17) is 4.74 Å². The number of nitrogens with zero attached hydrogens (tertiary/aromatic N) is 1. The third-order valence-electron chi connectivity index (χ3n) is 5.38. The SMILES string of the molecule is CCC(C)N1CC(OC(c2ccc(OC(F)F)cc2)c2ccccc2C(F)(F)F)C1. The van der Waals surface area contributed by atoms with Crippen molar-refractivity contribution in [2.24, 2.45) is 0 Å². The van der Waals surface area contributed by atoms with Gasteiger partial charge in [0, 0.05) is 19.1 Å². The Morgan fingerprint density at radius 3 is 2.23 bits per heavy atom. The molecule has 2 unspecified atom stereocenters. The van der Waals surface area contributed by atoms with Crippen molar-refractivity contribution >= 4 is 0 Å². The fourth-order valence-corrected chi connectivity index (χ4v) is 3.51. The van der Waals surface area contributed by atoms with Gasteiger partial charge < -0.3 is 9.47 Å². The number of hydrogen-bond acceptors (Lipinski definition) is 3. The van der Waals surface area contributed by atoms with E-state index >= 15 is 0 Å². The van der Waals surface area contributed by atoms with Gasteiger partial charge in [0.2, 0.25) is 0 Å². The van der Waals surface area contributed by atoms with Crippen LogP contribution in [-0.2, 0) is 10.9 Å². The Morgan fingerprint density at radius 2 is 1.67 bits per heavy atom. The zero-order chi connectivity index (χ0) is 21.9. The van der Waals surface area contributed by atoms with Crippen LogP contribution in [0.4, 0.5) is 22.0 Å². The maximum atomic E-state index is 13.6. The first-order chi connectivity index (χ1) is 14.2. The Hall–Kier alpha value is -2.19. The molecule has 0 aromatic heterocycles. The summed E-state index contributed by atoms with van der Waals surface area (Å²) in [5.74, 6) is -0.0665. The van der Waals surface area contributed by atoms with E-state index < -0.39 is 24.5 Å². The van der Waals surface area contributed by atoms with Crippen LogP contribution in [-0.4, -0.2) is 36.7 Å². The Bertz CT molecular complexity index is 819. The molecule has 30 heavy (non-hydrogen) atoms. The lowest BCUT2D eigenvalue weighted by atomic mass is 9.95. The Labute approximate surface area is 172 Å². The number of rotatable bonds is 8. The molecule has 0 amide bonds. The second kappa shape index (κ2) is 9.31. The predicted molar refractivity (Wildman–Crippen MR) is 103 cm³/mol. The lowest BCUT2D eigenvalue weighted by Gasteiger charge is -2.44. The summed E-state index contributed by atoms with van der Waals surface area (Å²) in [6.07, 6.45) is -4.77. The summed E-state index contributed by atoms with van der Waals surface area (Å²) >= 11 is 0. The minimum atomic E-state index is -4.54. The minimum Gasteiger partial charge on any atom is -0.435 e. The van der Waals surface area contributed by atoms with Crippen LogP contribution < -0.4 is 4.74 Å². The van der Waals surface area contributed by atoms with Gasteiger partial charge in [-0.15, -0.1) is 0 Å². The lowest BCUT2D eigenvalue weighted by Crippen LogP contribution is -2.55. The van der Waals surface area contributed by atoms with Crippen molar-refractivity contribution in [3.8, 4) is 5.75 Å². The highest BCUT2D eigenvalue weighted by molar-refractivity contribution is 5.39. The van der Waals surface area contributed by atoms with Crippen molar-refractivity contribution < 1.29 is 31.4 Å². The van der Waals surface area contributed by atoms with Gasteiger partial charge in [-0.25, -0.2) is 0 Å². The minimum absolute atomic E-state index is 0.00508. The van der Waals surface area contributed by atoms with E-state index in [9.17, 15) is 22.0 Å². The maximum Gasteiger partial charge on any atom is 0.416 e. The Kier molecular flexibility index (Phi) is 6.98. The smallest absolute Gasteiger partial charge is 0.416 e. The van der Waals surface area contributed by atoms with E-state index in [-0.39, 0.29) is 17.4 Å². The molecule has 0 saturated carbocycles. The van der Waals surface area contributed by atoms with Gasteiger partial charge in [-0.1, -0.05) is 37.3 Å². The van der Waals surface area contributed by atoms with Gasteiger partial charge in [-0.3, -0.25) is 4.90 Å². The molecule has 0 bridgehead atoms. The number of ether oxygens (including phenoxy) is 2. The molecular formula is C22H24F5NO2. The molecule has 0 N–H and O–H groups in total. The third-order valence-corrected chi connectivity index (χ3v) is 5.38. The normalized spacial score (nSPS) is 17.6. The highest BCUT2D eigenvalue weighted by Crippen LogP contribution is 2.39. The summed E-state index contributed by atoms with van der Waals surface area (Å²) in [5, 5.41) is 0. The molecule has 0 radical (unpaired) electrons. The average Bonchev–Trinajstić information content (AvgIpc) is 2.66. The summed E-state index contributed by atoms with van der Waals surface area (Å²) in [6.45, 7) is 2.45. The van der Waals surface area contributed by atoms with Crippen molar-refractivity contribution in [3.05, 3.63) is 65.2 Å². The van der Waals surface area contributed by atoms with Crippen molar-refractivity contribution in [2.45, 2.75) is 51.3 Å². The molecule has 1 aliphatic rings. The van der Waals surface area contributed by atoms with E-state index in [0.29, 0.717) is 24.7 Å². The number of alkyl halides is 5. The molecule has 164 valence electrons. The van der Waals surface area contributed by atoms with Crippen LogP contribution in [0.5, 0.6) is 5.75 Å². The highest BCUT2D eigenvalue weighted by Gasteiger charge is 2.38. The highest BCUT2D eigenvalue weighted by atomic mass is 19.4. The van der Waals surface area contributed by atoms with Crippen LogP contribution in [0.2, 0.25) is 0 Å². The van der Waals surface area contributed by atoms with Crippen LogP contribution >= 0.6 is 0 Å². The topological polar surface area (TPSA) is 21.7 Å². The number of halogens is 5. The fourth-order valence-electron chi connectivity index (χ4n) is 3.51. The largest absolute Gasteiger partial charge is 0.435 e. The van der Waals surface area contributed by atoms with Crippen molar-refractivity contribution in [2.75, 3.05) is 13.1 Å². The molecule has 2 aromatic rings. The molecule has 3 nitrogen and oxygen atoms in total. The Morgan fingerprint density at radius 1 is 1.03 bits per heavy atom. The quantitative estimate of drug-likeness (QED) is 0.488. The van der Waals surface area contributed by atoms with Crippen molar-refractivity contribution in [3.63, 3.8) is 0 Å². The first kappa shape index (κ1) is 22.5. The predicted octanol–water partition coefficient (Wildman–Crippen LogP) is 5.90. The number of hydrogen-bond donors (Lipinski definition) is 0. The second-order valence-electron chi connectivity index (χ2n) is 7.38. The van der Waals surface area contributed by atoms with E-state index in [1.54, 1.807) is 0 Å². The van der Waals surface area contributed by atoms with Gasteiger partial charge in [0.05, 0.1) is 11.7 Å². The summed E-state index contributed by atoms with van der Waals surface area (Å²) in [4.78, 5) is 2.21. The zero-order valence-electron chi connectivity index (χ0n) is 16.7. The molecule has 3 rings (SSSR count). The third kappa shape index (κ3) is 5.29. The van der Waals surface area contributed by atoms with Crippen molar-refractivity contribution in [1.29, 1.82) is 0 Å². The molecule has 1 aliphatic heterocycles. The average molecular weight is 429 g/mol. The van der Waals surface area contributed by atoms with Gasteiger partial charge in [-0.2, -0.15) is 22.0 Å². The molecule has 8 heteroatoms. The van der Waals surface area contributed by atoms with Gasteiger partial charge in [0.1, 0.15) is 11.9 Å². The first-order valence-corrected chi connectivity index (χ1v) is 9.79. The summed E-state index contributed by atoms with van der Waals surface area (Å²) in [6, 6.07) is 11.2. The Balaban J connectivity index is 1.89. The number of benzene rings is 2. The van der Waals surface area contributed by atoms with Gasteiger partial charge >= 0.3 is 12.8 Å². The lowest BCUT2D eigenvalue weighted by molar-refractivity contribution is -0.141. The second-order valence-corrected chi connectivity index (χ2v) is 7.38. The van der Waals surface area contributed by atoms with Crippen molar-refractivity contribution in [1.82, 2.24) is 4.90 Å². The van der Waals surface area contributed by atoms with Gasteiger partial charge in [0.15, 0.2) is 0 Å². The van der Waals surface area contributed by atoms with Crippen LogP contribution in [0.15, 0.2) is 48.5 Å². The maximum absolute atomic E-state index is 13.6. The first-order valence-electron chi connectivity index (χ1n) is 9.79. The van der Waals surface area contributed by atoms with Gasteiger partial charge in [-0.05, 0) is 42.7 Å². The monoisotopic (exact) mass is 429 g/mol. The van der Waals surface area contributed by atoms with E-state index in [2.05, 4.69) is 23.5 Å². The standard InChI is InChI=1S/C22H24F5NO2/c1-3-14(2)28-12-17(13-28)29-20(15-8-10-16(11-9-15)30-21(23)24)18-6-4-5-7-19(18)22(25,26)27/h4-11,14,17,20-21H,3,12-13H2,1-2H3. The zero-order valence-corrected chi connectivity index (χ0v) is 16.7. The molecular weight excluding hydrogens is 405 g/mol. The van der Waals surface area contributed by atoms with E-state index in [1.165, 1.54) is 42.5 Å². The molecule has 2 atom stereocenters. The molecule has 1 fully saturated rings. The molecule has 2 aromatic carbocycles. The van der Waals surface area contributed by atoms with E-state index in [1.807, 2.05) is 0 Å². The number of likely N-dealkylation sites (tertiary alicyclic amines) is 1.